The molecule has 0 radical (unpaired) electrons. The molecule has 3 unspecified atom stereocenters. The van der Waals surface area contributed by atoms with Gasteiger partial charge in [0.15, 0.2) is 0 Å². The lowest BCUT2D eigenvalue weighted by Gasteiger charge is -2.34. The van der Waals surface area contributed by atoms with Gasteiger partial charge in [-0.1, -0.05) is 30.7 Å². The minimum atomic E-state index is -0.468. The second-order valence-corrected chi connectivity index (χ2v) is 8.60. The highest BCUT2D eigenvalue weighted by atomic mass is 16.2. The number of nitrogens with two attached hydrogens (primary N) is 1. The molecular weight excluding hydrogens is 378 g/mol. The van der Waals surface area contributed by atoms with Gasteiger partial charge in [-0.25, -0.2) is 0 Å². The summed E-state index contributed by atoms with van der Waals surface area (Å²) in [4.78, 5) is 27.5. The fraction of sp³-hybridized carbons (Fsp3) is 0.522. The number of carbonyl (C=O) groups is 2. The lowest BCUT2D eigenvalue weighted by molar-refractivity contribution is -0.141. The van der Waals surface area contributed by atoms with Crippen molar-refractivity contribution in [2.75, 3.05) is 6.54 Å². The van der Waals surface area contributed by atoms with E-state index >= 15 is 0 Å². The Morgan fingerprint density at radius 2 is 1.87 bits per heavy atom. The van der Waals surface area contributed by atoms with Crippen LogP contribution in [0.5, 0.6) is 0 Å². The van der Waals surface area contributed by atoms with Crippen molar-refractivity contribution in [3.63, 3.8) is 0 Å². The third-order valence-corrected chi connectivity index (χ3v) is 6.67. The standard InChI is InChI=1S/C23H31N5O2/c1-15(16-8-10-17(11-9-16)19-12-13-25-27(19)2)26-22(29)20-7-4-14-28(20)23(30)21(24)18-5-3-6-18/h8-13,15,18,20-21H,3-7,14,24H2,1-2H3,(H,26,29). The Morgan fingerprint density at radius 1 is 1.13 bits per heavy atom. The number of rotatable bonds is 6. The zero-order valence-electron chi connectivity index (χ0n) is 17.8. The van der Waals surface area contributed by atoms with Crippen molar-refractivity contribution in [1.29, 1.82) is 0 Å². The number of aromatic nitrogens is 2. The summed E-state index contributed by atoms with van der Waals surface area (Å²) in [6, 6.07) is 9.07. The van der Waals surface area contributed by atoms with Crippen LogP contribution in [0.15, 0.2) is 36.5 Å². The van der Waals surface area contributed by atoms with Crippen LogP contribution >= 0.6 is 0 Å². The van der Waals surface area contributed by atoms with Gasteiger partial charge in [-0.15, -0.1) is 0 Å². The van der Waals surface area contributed by atoms with E-state index in [9.17, 15) is 9.59 Å². The number of hydrogen-bond donors (Lipinski definition) is 2. The fourth-order valence-corrected chi connectivity index (χ4v) is 4.49. The minimum absolute atomic E-state index is 0.0643. The Balaban J connectivity index is 1.39. The molecular formula is C23H31N5O2. The van der Waals surface area contributed by atoms with Gasteiger partial charge >= 0.3 is 0 Å². The van der Waals surface area contributed by atoms with Crippen LogP contribution in [-0.2, 0) is 16.6 Å². The second kappa shape index (κ2) is 8.60. The molecule has 7 nitrogen and oxygen atoms in total. The van der Waals surface area contributed by atoms with Crippen LogP contribution in [0.2, 0.25) is 0 Å². The molecule has 3 N–H and O–H groups in total. The number of aryl methyl sites for hydroxylation is 1. The number of amides is 2. The Labute approximate surface area is 177 Å². The molecule has 1 aromatic carbocycles. The van der Waals surface area contributed by atoms with E-state index < -0.39 is 12.1 Å². The normalized spacial score (nSPS) is 21.2. The molecule has 3 atom stereocenters. The lowest BCUT2D eigenvalue weighted by Crippen LogP contribution is -2.54. The summed E-state index contributed by atoms with van der Waals surface area (Å²) in [5.74, 6) is 0.120. The minimum Gasteiger partial charge on any atom is -0.348 e. The largest absolute Gasteiger partial charge is 0.348 e. The molecule has 160 valence electrons. The molecule has 0 bridgehead atoms. The van der Waals surface area contributed by atoms with Gasteiger partial charge in [0, 0.05) is 19.8 Å². The SMILES string of the molecule is CC(NC(=O)C1CCCN1C(=O)C(N)C1CCC1)c1ccc(-c2ccnn2C)cc1. The topological polar surface area (TPSA) is 93.2 Å². The maximum absolute atomic E-state index is 13.0. The van der Waals surface area contributed by atoms with E-state index in [4.69, 9.17) is 5.73 Å². The van der Waals surface area contributed by atoms with Gasteiger partial charge in [-0.2, -0.15) is 5.10 Å². The van der Waals surface area contributed by atoms with Crippen molar-refractivity contribution in [3.8, 4) is 11.3 Å². The molecule has 1 aliphatic carbocycles. The monoisotopic (exact) mass is 409 g/mol. The van der Waals surface area contributed by atoms with Crippen LogP contribution in [0.1, 0.15) is 50.6 Å². The third-order valence-electron chi connectivity index (χ3n) is 6.67. The van der Waals surface area contributed by atoms with Crippen LogP contribution in [0, 0.1) is 5.92 Å². The van der Waals surface area contributed by atoms with Gasteiger partial charge in [-0.05, 0) is 55.7 Å². The number of benzene rings is 1. The zero-order chi connectivity index (χ0) is 21.3. The van der Waals surface area contributed by atoms with Gasteiger partial charge in [0.1, 0.15) is 6.04 Å². The first-order valence-electron chi connectivity index (χ1n) is 10.9. The first-order chi connectivity index (χ1) is 14.5. The first-order valence-corrected chi connectivity index (χ1v) is 10.9. The Kier molecular flexibility index (Phi) is 5.90. The predicted octanol–water partition coefficient (Wildman–Crippen LogP) is 2.38. The van der Waals surface area contributed by atoms with Crippen LogP contribution in [0.4, 0.5) is 0 Å². The van der Waals surface area contributed by atoms with Crippen molar-refractivity contribution in [1.82, 2.24) is 20.0 Å². The molecule has 1 aliphatic heterocycles. The second-order valence-electron chi connectivity index (χ2n) is 8.60. The fourth-order valence-electron chi connectivity index (χ4n) is 4.49. The molecule has 7 heteroatoms. The summed E-state index contributed by atoms with van der Waals surface area (Å²) in [6.07, 6.45) is 6.49. The lowest BCUT2D eigenvalue weighted by atomic mass is 9.79. The highest BCUT2D eigenvalue weighted by Crippen LogP contribution is 2.31. The molecule has 2 aliphatic rings. The van der Waals surface area contributed by atoms with Gasteiger partial charge in [-0.3, -0.25) is 14.3 Å². The quantitative estimate of drug-likeness (QED) is 0.766. The van der Waals surface area contributed by atoms with Crippen LogP contribution in [0.25, 0.3) is 11.3 Å². The number of nitrogens with zero attached hydrogens (tertiary/aromatic N) is 3. The summed E-state index contributed by atoms with van der Waals surface area (Å²) in [5.41, 5.74) is 9.34. The molecule has 2 heterocycles. The van der Waals surface area contributed by atoms with Crippen molar-refractivity contribution >= 4 is 11.8 Å². The van der Waals surface area contributed by atoms with E-state index in [1.807, 2.05) is 49.0 Å². The van der Waals surface area contributed by atoms with Crippen molar-refractivity contribution < 1.29 is 9.59 Å². The summed E-state index contributed by atoms with van der Waals surface area (Å²) in [7, 11) is 1.91. The smallest absolute Gasteiger partial charge is 0.243 e. The number of likely N-dealkylation sites (tertiary alicyclic amines) is 1. The first kappa shape index (κ1) is 20.6. The molecule has 30 heavy (non-hydrogen) atoms. The Hall–Kier alpha value is -2.67. The summed E-state index contributed by atoms with van der Waals surface area (Å²) < 4.78 is 1.83. The maximum Gasteiger partial charge on any atom is 0.243 e. The van der Waals surface area contributed by atoms with Crippen molar-refractivity contribution in [2.45, 2.75) is 57.2 Å². The molecule has 1 saturated carbocycles. The Bertz CT molecular complexity index is 903. The number of carbonyl (C=O) groups excluding carboxylic acids is 2. The molecule has 2 amide bonds. The number of nitrogens with one attached hydrogen (secondary N) is 1. The van der Waals surface area contributed by atoms with E-state index in [0.29, 0.717) is 13.0 Å². The van der Waals surface area contributed by atoms with Crippen molar-refractivity contribution in [3.05, 3.63) is 42.1 Å². The molecule has 1 saturated heterocycles. The number of hydrogen-bond acceptors (Lipinski definition) is 4. The van der Waals surface area contributed by atoms with Crippen LogP contribution < -0.4 is 11.1 Å². The third kappa shape index (κ3) is 3.99. The highest BCUT2D eigenvalue weighted by molar-refractivity contribution is 5.90. The predicted molar refractivity (Wildman–Crippen MR) is 115 cm³/mol. The zero-order valence-corrected chi connectivity index (χ0v) is 17.8. The van der Waals surface area contributed by atoms with E-state index in [-0.39, 0.29) is 23.8 Å². The summed E-state index contributed by atoms with van der Waals surface area (Å²) >= 11 is 0. The molecule has 2 fully saturated rings. The molecule has 0 spiro atoms. The van der Waals surface area contributed by atoms with E-state index in [2.05, 4.69) is 10.4 Å². The average Bonchev–Trinajstić information content (AvgIpc) is 3.35. The summed E-state index contributed by atoms with van der Waals surface area (Å²) in [6.45, 7) is 2.59. The van der Waals surface area contributed by atoms with Gasteiger partial charge in [0.2, 0.25) is 11.8 Å². The van der Waals surface area contributed by atoms with E-state index in [1.165, 1.54) is 0 Å². The average molecular weight is 410 g/mol. The molecule has 2 aromatic rings. The Morgan fingerprint density at radius 3 is 2.47 bits per heavy atom. The molecule has 4 rings (SSSR count). The van der Waals surface area contributed by atoms with E-state index in [0.717, 1.165) is 42.5 Å². The van der Waals surface area contributed by atoms with E-state index in [1.54, 1.807) is 11.1 Å². The highest BCUT2D eigenvalue weighted by Gasteiger charge is 2.39. The maximum atomic E-state index is 13.0. The van der Waals surface area contributed by atoms with Crippen LogP contribution in [0.3, 0.4) is 0 Å². The van der Waals surface area contributed by atoms with Gasteiger partial charge in [0.25, 0.3) is 0 Å². The van der Waals surface area contributed by atoms with Gasteiger partial charge < -0.3 is 16.0 Å². The molecule has 1 aromatic heterocycles. The van der Waals surface area contributed by atoms with Crippen molar-refractivity contribution in [2.24, 2.45) is 18.7 Å². The van der Waals surface area contributed by atoms with Crippen LogP contribution in [-0.4, -0.2) is 45.1 Å². The van der Waals surface area contributed by atoms with Gasteiger partial charge in [0.05, 0.1) is 17.8 Å². The summed E-state index contributed by atoms with van der Waals surface area (Å²) in [5, 5.41) is 7.30.